The Morgan fingerprint density at radius 2 is 2.24 bits per heavy atom. The maximum Gasteiger partial charge on any atom is 0.0916 e. The molecule has 0 bridgehead atoms. The summed E-state index contributed by atoms with van der Waals surface area (Å²) in [4.78, 5) is 8.89. The van der Waals surface area contributed by atoms with Crippen LogP contribution in [0.15, 0.2) is 24.8 Å². The number of nitrogens with one attached hydrogen (secondary N) is 2. The van der Waals surface area contributed by atoms with Crippen LogP contribution in [0.4, 0.5) is 0 Å². The molecule has 2 aromatic rings. The highest BCUT2D eigenvalue weighted by atomic mass is 15.1. The van der Waals surface area contributed by atoms with E-state index in [1.165, 1.54) is 6.42 Å². The molecule has 1 saturated heterocycles. The van der Waals surface area contributed by atoms with E-state index in [4.69, 9.17) is 0 Å². The summed E-state index contributed by atoms with van der Waals surface area (Å²) in [5, 5.41) is 10.0. The second kappa shape index (κ2) is 4.63. The van der Waals surface area contributed by atoms with Gasteiger partial charge in [0.25, 0.3) is 0 Å². The summed E-state index contributed by atoms with van der Waals surface area (Å²) in [7, 11) is 0. The van der Waals surface area contributed by atoms with Crippen molar-refractivity contribution in [3.8, 4) is 11.3 Å². The molecule has 88 valence electrons. The fraction of sp³-hybridized carbons (Fsp3) is 0.417. The molecule has 3 heterocycles. The average Bonchev–Trinajstić information content (AvgIpc) is 3.01. The van der Waals surface area contributed by atoms with Gasteiger partial charge in [-0.15, -0.1) is 0 Å². The summed E-state index contributed by atoms with van der Waals surface area (Å²) in [5.41, 5.74) is 2.92. The van der Waals surface area contributed by atoms with Gasteiger partial charge in [-0.3, -0.25) is 15.1 Å². The molecule has 0 radical (unpaired) electrons. The summed E-state index contributed by atoms with van der Waals surface area (Å²) in [6.45, 7) is 2.23. The molecule has 0 aromatic carbocycles. The Labute approximate surface area is 99.7 Å². The van der Waals surface area contributed by atoms with Crippen LogP contribution in [-0.2, 0) is 6.42 Å². The third-order valence-corrected chi connectivity index (χ3v) is 3.16. The zero-order chi connectivity index (χ0) is 11.5. The predicted octanol–water partition coefficient (Wildman–Crippen LogP) is 1.02. The topological polar surface area (TPSA) is 66.5 Å². The van der Waals surface area contributed by atoms with Crippen LogP contribution in [0.2, 0.25) is 0 Å². The molecule has 1 aliphatic rings. The van der Waals surface area contributed by atoms with Gasteiger partial charge in [-0.2, -0.15) is 5.10 Å². The van der Waals surface area contributed by atoms with Gasteiger partial charge >= 0.3 is 0 Å². The molecule has 0 aliphatic carbocycles. The number of nitrogens with zero attached hydrogens (tertiary/aromatic N) is 3. The highest BCUT2D eigenvalue weighted by molar-refractivity contribution is 5.55. The number of hydrogen-bond acceptors (Lipinski definition) is 4. The maximum absolute atomic E-state index is 4.47. The molecule has 1 aliphatic heterocycles. The molecule has 2 N–H and O–H groups in total. The predicted molar refractivity (Wildman–Crippen MR) is 64.3 cm³/mol. The average molecular weight is 229 g/mol. The van der Waals surface area contributed by atoms with Crippen LogP contribution >= 0.6 is 0 Å². The standard InChI is InChI=1S/C12H15N5/c1-2-13-4-9(1)3-11-7-15-12(8-14-11)10-5-16-17-6-10/h5-9,13H,1-4H2,(H,16,17). The lowest BCUT2D eigenvalue weighted by Gasteiger charge is -2.06. The maximum atomic E-state index is 4.47. The zero-order valence-electron chi connectivity index (χ0n) is 9.56. The molecule has 0 amide bonds. The van der Waals surface area contributed by atoms with E-state index < -0.39 is 0 Å². The Bertz CT molecular complexity index is 456. The van der Waals surface area contributed by atoms with E-state index in [1.807, 2.05) is 18.6 Å². The molecule has 3 rings (SSSR count). The molecular formula is C12H15N5. The Kier molecular flexibility index (Phi) is 2.83. The molecule has 17 heavy (non-hydrogen) atoms. The van der Waals surface area contributed by atoms with Crippen molar-refractivity contribution in [2.45, 2.75) is 12.8 Å². The van der Waals surface area contributed by atoms with Gasteiger partial charge in [0.2, 0.25) is 0 Å². The molecule has 1 unspecified atom stereocenters. The number of rotatable bonds is 3. The van der Waals surface area contributed by atoms with Crippen molar-refractivity contribution in [1.29, 1.82) is 0 Å². The SMILES string of the molecule is c1n[nH]cc1-c1cnc(CC2CCNC2)cn1. The van der Waals surface area contributed by atoms with Gasteiger partial charge in [-0.05, 0) is 31.8 Å². The van der Waals surface area contributed by atoms with Crippen LogP contribution in [0.3, 0.4) is 0 Å². The molecule has 1 atom stereocenters. The Morgan fingerprint density at radius 3 is 2.88 bits per heavy atom. The summed E-state index contributed by atoms with van der Waals surface area (Å²) < 4.78 is 0. The van der Waals surface area contributed by atoms with Crippen LogP contribution in [0.5, 0.6) is 0 Å². The smallest absolute Gasteiger partial charge is 0.0916 e. The quantitative estimate of drug-likeness (QED) is 0.824. The first kappa shape index (κ1) is 10.4. The minimum atomic E-state index is 0.712. The Hall–Kier alpha value is -1.75. The minimum Gasteiger partial charge on any atom is -0.316 e. The zero-order valence-corrected chi connectivity index (χ0v) is 9.56. The van der Waals surface area contributed by atoms with Crippen molar-refractivity contribution >= 4 is 0 Å². The third-order valence-electron chi connectivity index (χ3n) is 3.16. The first-order valence-corrected chi connectivity index (χ1v) is 5.92. The fourth-order valence-electron chi connectivity index (χ4n) is 2.18. The second-order valence-corrected chi connectivity index (χ2v) is 4.44. The van der Waals surface area contributed by atoms with Gasteiger partial charge in [0, 0.05) is 18.0 Å². The molecular weight excluding hydrogens is 214 g/mol. The van der Waals surface area contributed by atoms with Crippen LogP contribution in [-0.4, -0.2) is 33.3 Å². The van der Waals surface area contributed by atoms with E-state index in [-0.39, 0.29) is 0 Å². The van der Waals surface area contributed by atoms with Gasteiger partial charge in [0.15, 0.2) is 0 Å². The summed E-state index contributed by atoms with van der Waals surface area (Å²) >= 11 is 0. The van der Waals surface area contributed by atoms with Crippen molar-refractivity contribution in [2.75, 3.05) is 13.1 Å². The molecule has 0 spiro atoms. The number of aromatic amines is 1. The largest absolute Gasteiger partial charge is 0.316 e. The fourth-order valence-corrected chi connectivity index (χ4v) is 2.18. The van der Waals surface area contributed by atoms with Gasteiger partial charge in [-0.25, -0.2) is 0 Å². The monoisotopic (exact) mass is 229 g/mol. The molecule has 5 nitrogen and oxygen atoms in total. The van der Waals surface area contributed by atoms with E-state index in [1.54, 1.807) is 6.20 Å². The lowest BCUT2D eigenvalue weighted by molar-refractivity contribution is 0.570. The van der Waals surface area contributed by atoms with Crippen molar-refractivity contribution in [1.82, 2.24) is 25.5 Å². The lowest BCUT2D eigenvalue weighted by atomic mass is 10.0. The number of H-pyrrole nitrogens is 1. The molecule has 5 heteroatoms. The van der Waals surface area contributed by atoms with E-state index in [9.17, 15) is 0 Å². The molecule has 1 fully saturated rings. The third kappa shape index (κ3) is 2.34. The second-order valence-electron chi connectivity index (χ2n) is 4.44. The first-order valence-electron chi connectivity index (χ1n) is 5.92. The first-order chi connectivity index (χ1) is 8.42. The summed E-state index contributed by atoms with van der Waals surface area (Å²) in [5.74, 6) is 0.712. The normalized spacial score (nSPS) is 19.6. The van der Waals surface area contributed by atoms with Crippen molar-refractivity contribution in [3.63, 3.8) is 0 Å². The van der Waals surface area contributed by atoms with Crippen LogP contribution < -0.4 is 5.32 Å². The van der Waals surface area contributed by atoms with Crippen LogP contribution in [0.1, 0.15) is 12.1 Å². The summed E-state index contributed by atoms with van der Waals surface area (Å²) in [6.07, 6.45) is 9.54. The molecule has 0 saturated carbocycles. The van der Waals surface area contributed by atoms with Crippen LogP contribution in [0.25, 0.3) is 11.3 Å². The summed E-state index contributed by atoms with van der Waals surface area (Å²) in [6, 6.07) is 0. The Balaban J connectivity index is 1.71. The van der Waals surface area contributed by atoms with Crippen molar-refractivity contribution < 1.29 is 0 Å². The van der Waals surface area contributed by atoms with Crippen molar-refractivity contribution in [2.24, 2.45) is 5.92 Å². The van der Waals surface area contributed by atoms with E-state index >= 15 is 0 Å². The van der Waals surface area contributed by atoms with E-state index in [0.29, 0.717) is 5.92 Å². The molecule has 2 aromatic heterocycles. The van der Waals surface area contributed by atoms with Crippen LogP contribution in [0, 0.1) is 5.92 Å². The van der Waals surface area contributed by atoms with Crippen molar-refractivity contribution in [3.05, 3.63) is 30.5 Å². The lowest BCUT2D eigenvalue weighted by Crippen LogP contribution is -2.11. The highest BCUT2D eigenvalue weighted by Gasteiger charge is 2.15. The Morgan fingerprint density at radius 1 is 1.24 bits per heavy atom. The van der Waals surface area contributed by atoms with Gasteiger partial charge in [0.1, 0.15) is 0 Å². The van der Waals surface area contributed by atoms with E-state index in [0.717, 1.165) is 36.5 Å². The van der Waals surface area contributed by atoms with E-state index in [2.05, 4.69) is 25.5 Å². The number of aromatic nitrogens is 4. The van der Waals surface area contributed by atoms with Gasteiger partial charge in [-0.1, -0.05) is 0 Å². The highest BCUT2D eigenvalue weighted by Crippen LogP contribution is 2.16. The minimum absolute atomic E-state index is 0.712. The number of hydrogen-bond donors (Lipinski definition) is 2. The van der Waals surface area contributed by atoms with Gasteiger partial charge in [0.05, 0.1) is 23.8 Å². The van der Waals surface area contributed by atoms with Gasteiger partial charge < -0.3 is 5.32 Å².